The summed E-state index contributed by atoms with van der Waals surface area (Å²) in [5.74, 6) is -0.822. The summed E-state index contributed by atoms with van der Waals surface area (Å²) in [6.45, 7) is 4.74. The average Bonchev–Trinajstić information content (AvgIpc) is 3.34. The number of hydrogen-bond donors (Lipinski definition) is 0. The highest BCUT2D eigenvalue weighted by atomic mass is 32.1. The van der Waals surface area contributed by atoms with E-state index >= 15 is 0 Å². The molecule has 2 aliphatic rings. The molecule has 142 valence electrons. The number of aromatic nitrogens is 1. The zero-order valence-electron chi connectivity index (χ0n) is 15.1. The minimum absolute atomic E-state index is 0.0113. The van der Waals surface area contributed by atoms with E-state index in [4.69, 9.17) is 0 Å². The van der Waals surface area contributed by atoms with E-state index < -0.39 is 0 Å². The van der Waals surface area contributed by atoms with E-state index in [9.17, 15) is 14.0 Å². The molecule has 0 radical (unpaired) electrons. The van der Waals surface area contributed by atoms with Crippen LogP contribution in [0.5, 0.6) is 0 Å². The van der Waals surface area contributed by atoms with E-state index in [1.165, 1.54) is 11.0 Å². The van der Waals surface area contributed by atoms with Gasteiger partial charge in [-0.05, 0) is 24.6 Å². The van der Waals surface area contributed by atoms with Crippen molar-refractivity contribution in [3.8, 4) is 0 Å². The quantitative estimate of drug-likeness (QED) is 0.810. The number of thiazole rings is 1. The number of halogens is 1. The Morgan fingerprint density at radius 3 is 2.70 bits per heavy atom. The molecule has 2 amide bonds. The number of amides is 2. The third-order valence-corrected chi connectivity index (χ3v) is 6.05. The smallest absolute Gasteiger partial charge is 0.228 e. The third kappa shape index (κ3) is 3.53. The normalized spacial score (nSPS) is 20.4. The average molecular weight is 388 g/mol. The number of piperazine rings is 1. The fourth-order valence-corrected chi connectivity index (χ4v) is 4.32. The van der Waals surface area contributed by atoms with Crippen molar-refractivity contribution in [2.24, 2.45) is 5.92 Å². The Labute approximate surface area is 161 Å². The van der Waals surface area contributed by atoms with E-state index in [2.05, 4.69) is 9.88 Å². The van der Waals surface area contributed by atoms with Crippen molar-refractivity contribution in [3.63, 3.8) is 0 Å². The highest BCUT2D eigenvalue weighted by Crippen LogP contribution is 2.28. The fraction of sp³-hybridized carbons (Fsp3) is 0.421. The van der Waals surface area contributed by atoms with Crippen molar-refractivity contribution >= 4 is 34.0 Å². The molecule has 6 nitrogen and oxygen atoms in total. The van der Waals surface area contributed by atoms with Gasteiger partial charge < -0.3 is 14.7 Å². The predicted molar refractivity (Wildman–Crippen MR) is 103 cm³/mol. The molecule has 8 heteroatoms. The lowest BCUT2D eigenvalue weighted by Gasteiger charge is -2.35. The molecule has 2 saturated heterocycles. The monoisotopic (exact) mass is 388 g/mol. The standard InChI is InChI=1S/C19H21FN4O2S/c1-13-2-3-15(11-16(13)20)24-12-14(10-17(24)25)18(26)22-5-7-23(8-6-22)19-21-4-9-27-19/h2-4,9,11,14H,5-8,10,12H2,1H3/t14-/m0/s1. The van der Waals surface area contributed by atoms with Gasteiger partial charge in [-0.15, -0.1) is 11.3 Å². The number of aryl methyl sites for hydroxylation is 1. The minimum atomic E-state index is -0.367. The zero-order chi connectivity index (χ0) is 19.0. The van der Waals surface area contributed by atoms with Crippen molar-refractivity contribution in [1.29, 1.82) is 0 Å². The maximum atomic E-state index is 13.8. The molecule has 2 aliphatic heterocycles. The summed E-state index contributed by atoms with van der Waals surface area (Å²) < 4.78 is 13.8. The molecule has 2 aromatic rings. The molecular weight excluding hydrogens is 367 g/mol. The van der Waals surface area contributed by atoms with Crippen molar-refractivity contribution in [2.75, 3.05) is 42.5 Å². The summed E-state index contributed by atoms with van der Waals surface area (Å²) in [6, 6.07) is 4.76. The molecule has 27 heavy (non-hydrogen) atoms. The molecule has 1 aromatic carbocycles. The molecular formula is C19H21FN4O2S. The van der Waals surface area contributed by atoms with E-state index in [0.717, 1.165) is 18.2 Å². The van der Waals surface area contributed by atoms with Gasteiger partial charge in [0.25, 0.3) is 0 Å². The first-order valence-corrected chi connectivity index (χ1v) is 9.90. The summed E-state index contributed by atoms with van der Waals surface area (Å²) in [5.41, 5.74) is 1.06. The summed E-state index contributed by atoms with van der Waals surface area (Å²) in [5, 5.41) is 2.92. The molecule has 0 N–H and O–H groups in total. The largest absolute Gasteiger partial charge is 0.345 e. The summed E-state index contributed by atoms with van der Waals surface area (Å²) in [7, 11) is 0. The molecule has 2 fully saturated rings. The summed E-state index contributed by atoms with van der Waals surface area (Å²) >= 11 is 1.59. The van der Waals surface area contributed by atoms with Gasteiger partial charge in [-0.3, -0.25) is 9.59 Å². The Morgan fingerprint density at radius 1 is 1.26 bits per heavy atom. The SMILES string of the molecule is Cc1ccc(N2C[C@@H](C(=O)N3CCN(c4nccs4)CC3)CC2=O)cc1F. The molecule has 3 heterocycles. The number of benzene rings is 1. The molecule has 1 atom stereocenters. The van der Waals surface area contributed by atoms with Crippen LogP contribution in [0.3, 0.4) is 0 Å². The number of carbonyl (C=O) groups excluding carboxylic acids is 2. The Morgan fingerprint density at radius 2 is 2.04 bits per heavy atom. The lowest BCUT2D eigenvalue weighted by Crippen LogP contribution is -2.50. The van der Waals surface area contributed by atoms with Crippen molar-refractivity contribution in [1.82, 2.24) is 9.88 Å². The van der Waals surface area contributed by atoms with Gasteiger partial charge in [-0.25, -0.2) is 9.37 Å². The number of hydrogen-bond acceptors (Lipinski definition) is 5. The first-order chi connectivity index (χ1) is 13.0. The summed E-state index contributed by atoms with van der Waals surface area (Å²) in [6.07, 6.45) is 1.96. The van der Waals surface area contributed by atoms with E-state index in [-0.39, 0.29) is 30.0 Å². The first-order valence-electron chi connectivity index (χ1n) is 9.02. The number of carbonyl (C=O) groups is 2. The second-order valence-corrected chi connectivity index (χ2v) is 7.84. The van der Waals surface area contributed by atoms with Crippen LogP contribution in [0, 0.1) is 18.7 Å². The highest BCUT2D eigenvalue weighted by Gasteiger charge is 2.38. The lowest BCUT2D eigenvalue weighted by atomic mass is 10.1. The maximum absolute atomic E-state index is 13.8. The van der Waals surface area contributed by atoms with Gasteiger partial charge in [0.2, 0.25) is 11.8 Å². The Hall–Kier alpha value is -2.48. The van der Waals surface area contributed by atoms with Crippen molar-refractivity contribution in [3.05, 3.63) is 41.2 Å². The number of nitrogens with zero attached hydrogens (tertiary/aromatic N) is 4. The fourth-order valence-electron chi connectivity index (χ4n) is 3.62. The molecule has 4 rings (SSSR count). The van der Waals surface area contributed by atoms with E-state index in [0.29, 0.717) is 30.9 Å². The Balaban J connectivity index is 1.39. The lowest BCUT2D eigenvalue weighted by molar-refractivity contribution is -0.136. The van der Waals surface area contributed by atoms with Crippen LogP contribution < -0.4 is 9.80 Å². The molecule has 0 aliphatic carbocycles. The third-order valence-electron chi connectivity index (χ3n) is 5.22. The van der Waals surface area contributed by atoms with Gasteiger partial charge in [-0.2, -0.15) is 0 Å². The second-order valence-electron chi connectivity index (χ2n) is 6.97. The van der Waals surface area contributed by atoms with Crippen LogP contribution in [-0.2, 0) is 9.59 Å². The van der Waals surface area contributed by atoms with Crippen molar-refractivity contribution < 1.29 is 14.0 Å². The van der Waals surface area contributed by atoms with Crippen LogP contribution in [0.25, 0.3) is 0 Å². The molecule has 0 bridgehead atoms. The number of anilines is 2. The van der Waals surface area contributed by atoms with Gasteiger partial charge in [0.15, 0.2) is 5.13 Å². The van der Waals surface area contributed by atoms with Crippen LogP contribution >= 0.6 is 11.3 Å². The van der Waals surface area contributed by atoms with Gasteiger partial charge in [0.05, 0.1) is 5.92 Å². The van der Waals surface area contributed by atoms with Gasteiger partial charge in [-0.1, -0.05) is 6.07 Å². The van der Waals surface area contributed by atoms with Crippen LogP contribution in [-0.4, -0.2) is 54.4 Å². The second kappa shape index (κ2) is 7.26. The predicted octanol–water partition coefficient (Wildman–Crippen LogP) is 2.29. The summed E-state index contributed by atoms with van der Waals surface area (Å²) in [4.78, 5) is 35.1. The topological polar surface area (TPSA) is 56.8 Å². The molecule has 0 saturated carbocycles. The zero-order valence-corrected chi connectivity index (χ0v) is 15.9. The van der Waals surface area contributed by atoms with Crippen molar-refractivity contribution in [2.45, 2.75) is 13.3 Å². The van der Waals surface area contributed by atoms with E-state index in [1.54, 1.807) is 36.6 Å². The molecule has 0 unspecified atom stereocenters. The number of rotatable bonds is 3. The first kappa shape index (κ1) is 17.9. The maximum Gasteiger partial charge on any atom is 0.228 e. The Bertz CT molecular complexity index is 849. The molecule has 0 spiro atoms. The van der Waals surface area contributed by atoms with Crippen LogP contribution in [0.4, 0.5) is 15.2 Å². The van der Waals surface area contributed by atoms with Crippen LogP contribution in [0.2, 0.25) is 0 Å². The van der Waals surface area contributed by atoms with Gasteiger partial charge in [0.1, 0.15) is 5.82 Å². The molecule has 1 aromatic heterocycles. The Kier molecular flexibility index (Phi) is 4.82. The van der Waals surface area contributed by atoms with Gasteiger partial charge in [0, 0.05) is 56.4 Å². The van der Waals surface area contributed by atoms with Crippen LogP contribution in [0.15, 0.2) is 29.8 Å². The highest BCUT2D eigenvalue weighted by molar-refractivity contribution is 7.13. The van der Waals surface area contributed by atoms with Gasteiger partial charge >= 0.3 is 0 Å². The van der Waals surface area contributed by atoms with Crippen LogP contribution in [0.1, 0.15) is 12.0 Å². The van der Waals surface area contributed by atoms with E-state index in [1.807, 2.05) is 10.3 Å². The minimum Gasteiger partial charge on any atom is -0.345 e.